The summed E-state index contributed by atoms with van der Waals surface area (Å²) in [6.45, 7) is 3.84. The Bertz CT molecular complexity index is 1540. The van der Waals surface area contributed by atoms with Crippen molar-refractivity contribution >= 4 is 21.5 Å². The lowest BCUT2D eigenvalue weighted by Gasteiger charge is -2.30. The zero-order valence-electron chi connectivity index (χ0n) is 19.7. The largest absolute Gasteiger partial charge is 0.387 e. The maximum atomic E-state index is 13.0. The molecule has 0 saturated carbocycles. The van der Waals surface area contributed by atoms with Crippen LogP contribution in [-0.4, -0.2) is 18.3 Å². The molecule has 0 N–H and O–H groups in total. The van der Waals surface area contributed by atoms with Crippen LogP contribution in [0.3, 0.4) is 0 Å². The Morgan fingerprint density at radius 3 is 2.24 bits per heavy atom. The fraction of sp³-hybridized carbons (Fsp3) is 0.200. The van der Waals surface area contributed by atoms with Crippen molar-refractivity contribution in [3.8, 4) is 23.3 Å². The van der Waals surface area contributed by atoms with Gasteiger partial charge in [-0.3, -0.25) is 20.2 Å². The van der Waals surface area contributed by atoms with Gasteiger partial charge in [0.2, 0.25) is 0 Å². The van der Waals surface area contributed by atoms with Gasteiger partial charge in [0.15, 0.2) is 4.90 Å². The zero-order valence-corrected chi connectivity index (χ0v) is 20.6. The van der Waals surface area contributed by atoms with Crippen molar-refractivity contribution in [1.29, 1.82) is 10.5 Å². The Labute approximate surface area is 212 Å². The molecule has 1 aliphatic carbocycles. The second kappa shape index (κ2) is 10.4. The summed E-state index contributed by atoms with van der Waals surface area (Å²) < 4.78 is 30.9. The van der Waals surface area contributed by atoms with E-state index in [1.54, 1.807) is 12.1 Å². The first-order valence-corrected chi connectivity index (χ1v) is 12.2. The number of nitro groups is 2. The van der Waals surface area contributed by atoms with E-state index in [-0.39, 0.29) is 16.6 Å². The Morgan fingerprint density at radius 1 is 1.03 bits per heavy atom. The van der Waals surface area contributed by atoms with Crippen molar-refractivity contribution < 1.29 is 22.4 Å². The number of hydrogen-bond donors (Lipinski definition) is 0. The van der Waals surface area contributed by atoms with E-state index in [1.165, 1.54) is 30.3 Å². The Balaban J connectivity index is 2.07. The number of benzene rings is 2. The second-order valence-electron chi connectivity index (χ2n) is 8.90. The van der Waals surface area contributed by atoms with E-state index in [9.17, 15) is 39.2 Å². The molecule has 0 aromatic heterocycles. The Hall–Kier alpha value is -4.81. The molecular weight excluding hydrogens is 500 g/mol. The van der Waals surface area contributed by atoms with Crippen LogP contribution in [0, 0.1) is 48.3 Å². The van der Waals surface area contributed by atoms with Gasteiger partial charge in [0.1, 0.15) is 29.5 Å². The lowest BCUT2D eigenvalue weighted by molar-refractivity contribution is -0.394. The summed E-state index contributed by atoms with van der Waals surface area (Å²) in [6.07, 6.45) is 4.72. The van der Waals surface area contributed by atoms with Crippen LogP contribution in [0.5, 0.6) is 0 Å². The maximum absolute atomic E-state index is 13.0. The average Bonchev–Trinajstić information content (AvgIpc) is 2.83. The van der Waals surface area contributed by atoms with Crippen LogP contribution >= 0.6 is 0 Å². The molecule has 0 spiro atoms. The van der Waals surface area contributed by atoms with Gasteiger partial charge in [0.25, 0.3) is 5.69 Å². The van der Waals surface area contributed by atoms with Crippen LogP contribution in [0.25, 0.3) is 11.1 Å². The van der Waals surface area contributed by atoms with Crippen LogP contribution in [0.4, 0.5) is 11.4 Å². The summed E-state index contributed by atoms with van der Waals surface area (Å²) in [6, 6.07) is 12.7. The molecule has 0 amide bonds. The fourth-order valence-electron chi connectivity index (χ4n) is 4.12. The molecule has 0 saturated heterocycles. The minimum Gasteiger partial charge on any atom is -0.387 e. The highest BCUT2D eigenvalue weighted by Gasteiger charge is 2.36. The van der Waals surface area contributed by atoms with Gasteiger partial charge >= 0.3 is 15.8 Å². The smallest absolute Gasteiger partial charge is 0.345 e. The molecule has 12 heteroatoms. The van der Waals surface area contributed by atoms with Crippen molar-refractivity contribution in [3.05, 3.63) is 97.8 Å². The molecule has 0 atom stereocenters. The predicted octanol–water partition coefficient (Wildman–Crippen LogP) is 5.48. The SMILES string of the molecule is CC1(C)CC(/C=C/OS(=O)(=O)c2ccc([N+](=O)[O-])c(-c3ccccc3)c2[N+](=O)[O-])=CC(=C(C#N)C#N)C1. The predicted molar refractivity (Wildman–Crippen MR) is 132 cm³/mol. The van der Waals surface area contributed by atoms with Gasteiger partial charge in [-0.25, -0.2) is 0 Å². The third kappa shape index (κ3) is 5.89. The van der Waals surface area contributed by atoms with Gasteiger partial charge in [-0.2, -0.15) is 18.9 Å². The summed E-state index contributed by atoms with van der Waals surface area (Å²) in [5.74, 6) is 0. The van der Waals surface area contributed by atoms with Crippen LogP contribution in [0.2, 0.25) is 0 Å². The van der Waals surface area contributed by atoms with Crippen LogP contribution in [-0.2, 0) is 14.3 Å². The lowest BCUT2D eigenvalue weighted by atomic mass is 9.74. The van der Waals surface area contributed by atoms with Crippen LogP contribution in [0.1, 0.15) is 26.7 Å². The first-order chi connectivity index (χ1) is 17.4. The Kier molecular flexibility index (Phi) is 7.56. The number of nitriles is 2. The van der Waals surface area contributed by atoms with E-state index in [2.05, 4.69) is 0 Å². The minimum absolute atomic E-state index is 0.0536. The molecule has 0 unspecified atom stereocenters. The van der Waals surface area contributed by atoms with Gasteiger partial charge in [-0.05, 0) is 47.1 Å². The molecule has 2 aromatic carbocycles. The topological polar surface area (TPSA) is 177 Å². The van der Waals surface area contributed by atoms with E-state index in [1.807, 2.05) is 26.0 Å². The first-order valence-electron chi connectivity index (χ1n) is 10.7. The van der Waals surface area contributed by atoms with Crippen LogP contribution < -0.4 is 0 Å². The molecule has 11 nitrogen and oxygen atoms in total. The van der Waals surface area contributed by atoms with E-state index in [0.29, 0.717) is 24.0 Å². The third-order valence-electron chi connectivity index (χ3n) is 5.55. The third-order valence-corrected chi connectivity index (χ3v) is 6.78. The molecule has 0 fully saturated rings. The molecule has 3 rings (SSSR count). The second-order valence-corrected chi connectivity index (χ2v) is 10.4. The lowest BCUT2D eigenvalue weighted by Crippen LogP contribution is -2.17. The van der Waals surface area contributed by atoms with E-state index in [4.69, 9.17) is 4.18 Å². The summed E-state index contributed by atoms with van der Waals surface area (Å²) in [5, 5.41) is 41.9. The number of rotatable bonds is 7. The molecule has 37 heavy (non-hydrogen) atoms. The summed E-state index contributed by atoms with van der Waals surface area (Å²) >= 11 is 0. The zero-order chi connectivity index (χ0) is 27.4. The number of allylic oxidation sites excluding steroid dienone is 5. The molecule has 0 bridgehead atoms. The van der Waals surface area contributed by atoms with E-state index in [0.717, 1.165) is 18.4 Å². The molecule has 0 aliphatic heterocycles. The highest BCUT2D eigenvalue weighted by atomic mass is 32.2. The van der Waals surface area contributed by atoms with Gasteiger partial charge in [-0.15, -0.1) is 0 Å². The summed E-state index contributed by atoms with van der Waals surface area (Å²) in [4.78, 5) is 20.9. The molecule has 188 valence electrons. The van der Waals surface area contributed by atoms with Gasteiger partial charge < -0.3 is 4.18 Å². The van der Waals surface area contributed by atoms with Crippen molar-refractivity contribution in [2.45, 2.75) is 31.6 Å². The number of nitro benzene ring substituents is 2. The van der Waals surface area contributed by atoms with Crippen molar-refractivity contribution in [3.63, 3.8) is 0 Å². The monoisotopic (exact) mass is 520 g/mol. The van der Waals surface area contributed by atoms with E-state index >= 15 is 0 Å². The summed E-state index contributed by atoms with van der Waals surface area (Å²) in [5.41, 5.74) is -1.29. The van der Waals surface area contributed by atoms with Crippen LogP contribution in [0.15, 0.2) is 82.5 Å². The quantitative estimate of drug-likeness (QED) is 0.150. The van der Waals surface area contributed by atoms with Crippen molar-refractivity contribution in [2.75, 3.05) is 0 Å². The molecule has 1 aliphatic rings. The number of nitrogens with zero attached hydrogens (tertiary/aromatic N) is 4. The standard InChI is InChI=1S/C25H20N4O7S/c1-25(2)13-17(12-19(14-25)20(15-26)16-27)10-11-36-37(34,35)22-9-8-21(28(30)31)23(24(22)29(32)33)18-6-4-3-5-7-18/h3-12H,13-14H2,1-2H3/b11-10+. The maximum Gasteiger partial charge on any atom is 0.345 e. The van der Waals surface area contributed by atoms with Gasteiger partial charge in [-0.1, -0.05) is 50.3 Å². The van der Waals surface area contributed by atoms with Gasteiger partial charge in [0, 0.05) is 6.07 Å². The number of hydrogen-bond acceptors (Lipinski definition) is 9. The summed E-state index contributed by atoms with van der Waals surface area (Å²) in [7, 11) is -4.77. The minimum atomic E-state index is -4.77. The molecular formula is C25H20N4O7S. The average molecular weight is 521 g/mol. The first kappa shape index (κ1) is 26.8. The fourth-order valence-corrected chi connectivity index (χ4v) is 5.07. The molecule has 0 radical (unpaired) electrons. The van der Waals surface area contributed by atoms with Crippen molar-refractivity contribution in [2.24, 2.45) is 5.41 Å². The molecule has 0 heterocycles. The highest BCUT2D eigenvalue weighted by Crippen LogP contribution is 2.43. The highest BCUT2D eigenvalue weighted by molar-refractivity contribution is 7.87. The van der Waals surface area contributed by atoms with Crippen molar-refractivity contribution in [1.82, 2.24) is 0 Å². The normalized spacial score (nSPS) is 14.8. The van der Waals surface area contributed by atoms with Gasteiger partial charge in [0.05, 0.1) is 9.85 Å². The van der Waals surface area contributed by atoms with E-state index < -0.39 is 41.8 Å². The Morgan fingerprint density at radius 2 is 1.68 bits per heavy atom. The molecule has 2 aromatic rings.